The molecule has 0 aliphatic carbocycles. The van der Waals surface area contributed by atoms with Crippen LogP contribution in [-0.2, 0) is 9.62 Å². The van der Waals surface area contributed by atoms with Gasteiger partial charge in [0.1, 0.15) is 17.7 Å². The molecule has 0 aliphatic rings. The average Bonchev–Trinajstić information content (AvgIpc) is 2.06. The fourth-order valence-corrected chi connectivity index (χ4v) is 0.813. The maximum atomic E-state index is 8.34. The molecular formula is C7H10N4S. The largest absolute Gasteiger partial charge is 0.270 e. The number of nitriles is 2. The molecule has 0 saturated heterocycles. The van der Waals surface area contributed by atoms with Crippen molar-refractivity contribution in [1.82, 2.24) is 0 Å². The van der Waals surface area contributed by atoms with Gasteiger partial charge in [0.15, 0.2) is 0 Å². The minimum absolute atomic E-state index is 0.0468. The van der Waals surface area contributed by atoms with Crippen LogP contribution in [0.1, 0.15) is 6.92 Å². The lowest BCUT2D eigenvalue weighted by atomic mass is 10.4. The molecule has 1 unspecified atom stereocenters. The molecule has 0 bridgehead atoms. The molecule has 0 heterocycles. The lowest BCUT2D eigenvalue weighted by Gasteiger charge is -1.98. The zero-order valence-corrected chi connectivity index (χ0v) is 7.85. The van der Waals surface area contributed by atoms with Gasteiger partial charge >= 0.3 is 0 Å². The third-order valence-electron chi connectivity index (χ3n) is 1.22. The van der Waals surface area contributed by atoms with E-state index in [-0.39, 0.29) is 5.57 Å². The molecule has 1 atom stereocenters. The molecule has 0 aromatic rings. The highest BCUT2D eigenvalue weighted by atomic mass is 32.2. The van der Waals surface area contributed by atoms with Crippen LogP contribution in [0.3, 0.4) is 0 Å². The topological polar surface area (TPSA) is 83.8 Å². The Morgan fingerprint density at radius 3 is 2.42 bits per heavy atom. The Morgan fingerprint density at radius 1 is 1.58 bits per heavy atom. The summed E-state index contributed by atoms with van der Waals surface area (Å²) in [5.74, 6) is 0.633. The number of hydrogen-bond donors (Lipinski definition) is 1. The molecular weight excluding hydrogens is 172 g/mol. The van der Waals surface area contributed by atoms with Crippen molar-refractivity contribution in [3.63, 3.8) is 0 Å². The van der Waals surface area contributed by atoms with Crippen molar-refractivity contribution < 1.29 is 0 Å². The second kappa shape index (κ2) is 4.53. The van der Waals surface area contributed by atoms with E-state index >= 15 is 0 Å². The van der Waals surface area contributed by atoms with E-state index < -0.39 is 9.62 Å². The van der Waals surface area contributed by atoms with Gasteiger partial charge in [0.2, 0.25) is 0 Å². The summed E-state index contributed by atoms with van der Waals surface area (Å²) in [6.07, 6.45) is 2.89. The minimum Gasteiger partial charge on any atom is -0.270 e. The molecule has 5 heteroatoms. The van der Waals surface area contributed by atoms with Crippen molar-refractivity contribution in [3.05, 3.63) is 11.8 Å². The number of allylic oxidation sites excluding steroid dienone is 1. The van der Waals surface area contributed by atoms with Crippen LogP contribution in [0.25, 0.3) is 0 Å². The molecule has 0 amide bonds. The smallest absolute Gasteiger partial charge is 0.148 e. The van der Waals surface area contributed by atoms with Crippen molar-refractivity contribution in [2.24, 2.45) is 4.36 Å². The van der Waals surface area contributed by atoms with E-state index in [0.29, 0.717) is 5.75 Å². The molecule has 0 aromatic heterocycles. The Balaban J connectivity index is 4.87. The molecule has 0 rings (SSSR count). The van der Waals surface area contributed by atoms with Crippen LogP contribution >= 0.6 is 0 Å². The number of hydrogen-bond acceptors (Lipinski definition) is 4. The van der Waals surface area contributed by atoms with Crippen LogP contribution in [0, 0.1) is 27.4 Å². The first-order valence-electron chi connectivity index (χ1n) is 3.28. The number of rotatable bonds is 2. The summed E-state index contributed by atoms with van der Waals surface area (Å²) in [7, 11) is -1.74. The Kier molecular flexibility index (Phi) is 4.03. The molecule has 0 radical (unpaired) electrons. The van der Waals surface area contributed by atoms with Crippen LogP contribution in [0.2, 0.25) is 0 Å². The van der Waals surface area contributed by atoms with Gasteiger partial charge in [0.05, 0.1) is 6.20 Å². The maximum Gasteiger partial charge on any atom is 0.148 e. The molecule has 64 valence electrons. The standard InChI is InChI=1S/C7H10N4S/c1-3-12(2,10)11-6-7(4-8)5-9/h6,10H,3H2,1-2H3. The summed E-state index contributed by atoms with van der Waals surface area (Å²) in [6.45, 7) is 1.86. The van der Waals surface area contributed by atoms with Crippen molar-refractivity contribution in [1.29, 1.82) is 15.3 Å². The SMILES string of the molecule is CCS(C)(=N)=NC=C(C#N)C#N. The molecule has 0 aliphatic heterocycles. The molecule has 1 N–H and O–H groups in total. The van der Waals surface area contributed by atoms with Gasteiger partial charge in [-0.15, -0.1) is 0 Å². The highest BCUT2D eigenvalue weighted by Gasteiger charge is 1.91. The second-order valence-corrected chi connectivity index (χ2v) is 5.07. The fourth-order valence-electron chi connectivity index (χ4n) is 0.326. The van der Waals surface area contributed by atoms with Gasteiger partial charge in [-0.1, -0.05) is 16.5 Å². The third-order valence-corrected chi connectivity index (χ3v) is 2.91. The summed E-state index contributed by atoms with van der Waals surface area (Å²) >= 11 is 0. The summed E-state index contributed by atoms with van der Waals surface area (Å²) in [6, 6.07) is 3.37. The molecule has 0 spiro atoms. The zero-order chi connectivity index (χ0) is 9.61. The highest BCUT2D eigenvalue weighted by molar-refractivity contribution is 7.93. The van der Waals surface area contributed by atoms with Gasteiger partial charge in [-0.05, 0) is 0 Å². The van der Waals surface area contributed by atoms with Gasteiger partial charge in [-0.3, -0.25) is 4.78 Å². The summed E-state index contributed by atoms with van der Waals surface area (Å²) in [4.78, 5) is 0. The van der Waals surface area contributed by atoms with Crippen LogP contribution in [-0.4, -0.2) is 12.0 Å². The number of nitrogens with one attached hydrogen (secondary N) is 1. The van der Waals surface area contributed by atoms with Crippen molar-refractivity contribution in [2.45, 2.75) is 6.92 Å². The zero-order valence-electron chi connectivity index (χ0n) is 7.03. The van der Waals surface area contributed by atoms with E-state index in [2.05, 4.69) is 4.36 Å². The molecule has 4 nitrogen and oxygen atoms in total. The predicted octanol–water partition coefficient (Wildman–Crippen LogP) is 1.67. The summed E-state index contributed by atoms with van der Waals surface area (Å²) in [5, 5.41) is 16.7. The van der Waals surface area contributed by atoms with E-state index in [4.69, 9.17) is 15.3 Å². The van der Waals surface area contributed by atoms with Crippen LogP contribution in [0.4, 0.5) is 0 Å². The van der Waals surface area contributed by atoms with Crippen LogP contribution in [0.5, 0.6) is 0 Å². The summed E-state index contributed by atoms with van der Waals surface area (Å²) in [5.41, 5.74) is -0.0468. The lowest BCUT2D eigenvalue weighted by molar-refractivity contribution is 1.40. The van der Waals surface area contributed by atoms with Crippen molar-refractivity contribution in [3.8, 4) is 12.1 Å². The quantitative estimate of drug-likeness (QED) is 0.659. The maximum absolute atomic E-state index is 8.34. The first-order valence-corrected chi connectivity index (χ1v) is 5.45. The predicted molar refractivity (Wildman–Crippen MR) is 48.3 cm³/mol. The van der Waals surface area contributed by atoms with Crippen LogP contribution < -0.4 is 0 Å². The first kappa shape index (κ1) is 10.7. The molecule has 12 heavy (non-hydrogen) atoms. The van der Waals surface area contributed by atoms with E-state index in [1.165, 1.54) is 6.20 Å². The van der Waals surface area contributed by atoms with Crippen molar-refractivity contribution in [2.75, 3.05) is 12.0 Å². The Labute approximate surface area is 72.7 Å². The van der Waals surface area contributed by atoms with Gasteiger partial charge in [0, 0.05) is 12.0 Å². The average molecular weight is 182 g/mol. The fraction of sp³-hybridized carbons (Fsp3) is 0.429. The van der Waals surface area contributed by atoms with E-state index in [9.17, 15) is 0 Å². The molecule has 0 saturated carbocycles. The Hall–Kier alpha value is -1.33. The monoisotopic (exact) mass is 182 g/mol. The van der Waals surface area contributed by atoms with E-state index in [0.717, 1.165) is 0 Å². The third kappa shape index (κ3) is 3.75. The van der Waals surface area contributed by atoms with Gasteiger partial charge in [-0.2, -0.15) is 10.5 Å². The van der Waals surface area contributed by atoms with Crippen LogP contribution in [0.15, 0.2) is 16.1 Å². The number of nitrogens with zero attached hydrogens (tertiary/aromatic N) is 3. The lowest BCUT2D eigenvalue weighted by Crippen LogP contribution is -1.95. The highest BCUT2D eigenvalue weighted by Crippen LogP contribution is 1.96. The van der Waals surface area contributed by atoms with Gasteiger partial charge < -0.3 is 0 Å². The van der Waals surface area contributed by atoms with Gasteiger partial charge in [-0.25, -0.2) is 4.36 Å². The second-order valence-electron chi connectivity index (χ2n) is 2.20. The van der Waals surface area contributed by atoms with Crippen molar-refractivity contribution >= 4 is 9.62 Å². The Bertz CT molecular complexity index is 355. The van der Waals surface area contributed by atoms with E-state index in [1.54, 1.807) is 18.4 Å². The Morgan fingerprint density at radius 2 is 2.08 bits per heavy atom. The first-order chi connectivity index (χ1) is 5.55. The van der Waals surface area contributed by atoms with E-state index in [1.807, 2.05) is 6.92 Å². The molecule has 0 fully saturated rings. The minimum atomic E-state index is -1.74. The normalized spacial score (nSPS) is 13.3. The summed E-state index contributed by atoms with van der Waals surface area (Å²) < 4.78 is 11.4. The molecule has 0 aromatic carbocycles. The van der Waals surface area contributed by atoms with Gasteiger partial charge in [0.25, 0.3) is 0 Å².